The highest BCUT2D eigenvalue weighted by Crippen LogP contribution is 2.18. The van der Waals surface area contributed by atoms with Gasteiger partial charge in [-0.2, -0.15) is 0 Å². The van der Waals surface area contributed by atoms with E-state index < -0.39 is 0 Å². The molecular formula is C19H21N3O3S. The number of amides is 1. The van der Waals surface area contributed by atoms with Crippen LogP contribution in [0.25, 0.3) is 6.08 Å². The third kappa shape index (κ3) is 4.77. The Morgan fingerprint density at radius 2 is 2.00 bits per heavy atom. The summed E-state index contributed by atoms with van der Waals surface area (Å²) in [7, 11) is 0. The number of nitrogens with zero attached hydrogens (tertiary/aromatic N) is 3. The molecule has 0 atom stereocenters. The third-order valence-electron chi connectivity index (χ3n) is 4.36. The fraction of sp³-hybridized carbons (Fsp3) is 0.316. The molecule has 2 heterocycles. The Balaban J connectivity index is 1.51. The van der Waals surface area contributed by atoms with E-state index in [2.05, 4.69) is 4.90 Å². The van der Waals surface area contributed by atoms with Gasteiger partial charge in [0.05, 0.1) is 4.92 Å². The molecule has 1 aromatic heterocycles. The van der Waals surface area contributed by atoms with Gasteiger partial charge >= 0.3 is 0 Å². The number of hydrogen-bond acceptors (Lipinski definition) is 5. The zero-order valence-corrected chi connectivity index (χ0v) is 15.4. The Morgan fingerprint density at radius 1 is 1.23 bits per heavy atom. The number of carbonyl (C=O) groups excluding carboxylic acids is 1. The minimum absolute atomic E-state index is 0.0334. The van der Waals surface area contributed by atoms with Crippen LogP contribution in [0, 0.1) is 17.0 Å². The summed E-state index contributed by atoms with van der Waals surface area (Å²) in [5, 5.41) is 10.9. The van der Waals surface area contributed by atoms with Crippen molar-refractivity contribution in [1.29, 1.82) is 0 Å². The number of rotatable bonds is 5. The van der Waals surface area contributed by atoms with Gasteiger partial charge in [-0.25, -0.2) is 0 Å². The monoisotopic (exact) mass is 371 g/mol. The van der Waals surface area contributed by atoms with Crippen LogP contribution in [0.15, 0.2) is 42.5 Å². The van der Waals surface area contributed by atoms with Crippen LogP contribution >= 0.6 is 11.3 Å². The van der Waals surface area contributed by atoms with Gasteiger partial charge in [-0.1, -0.05) is 12.1 Å². The second kappa shape index (κ2) is 8.25. The summed E-state index contributed by atoms with van der Waals surface area (Å²) >= 11 is 1.67. The number of nitro benzene ring substituents is 1. The number of hydrogen-bond donors (Lipinski definition) is 0. The van der Waals surface area contributed by atoms with E-state index >= 15 is 0 Å². The average molecular weight is 371 g/mol. The first kappa shape index (κ1) is 18.3. The molecule has 6 nitrogen and oxygen atoms in total. The lowest BCUT2D eigenvalue weighted by molar-refractivity contribution is -0.384. The van der Waals surface area contributed by atoms with Gasteiger partial charge in [0.15, 0.2) is 0 Å². The summed E-state index contributed by atoms with van der Waals surface area (Å²) in [6, 6.07) is 10.8. The van der Waals surface area contributed by atoms with Gasteiger partial charge in [0.1, 0.15) is 0 Å². The van der Waals surface area contributed by atoms with E-state index in [9.17, 15) is 14.9 Å². The van der Waals surface area contributed by atoms with Gasteiger partial charge in [0, 0.05) is 60.7 Å². The molecule has 3 rings (SSSR count). The summed E-state index contributed by atoms with van der Waals surface area (Å²) in [5.41, 5.74) is 1.04. The van der Waals surface area contributed by atoms with Crippen LogP contribution in [-0.2, 0) is 11.3 Å². The number of aryl methyl sites for hydroxylation is 1. The van der Waals surface area contributed by atoms with Gasteiger partial charge in [0.2, 0.25) is 5.91 Å². The molecule has 7 heteroatoms. The number of carbonyl (C=O) groups is 1. The Labute approximate surface area is 156 Å². The number of nitro groups is 1. The van der Waals surface area contributed by atoms with Crippen molar-refractivity contribution in [3.8, 4) is 0 Å². The largest absolute Gasteiger partial charge is 0.337 e. The first-order chi connectivity index (χ1) is 12.5. The van der Waals surface area contributed by atoms with Crippen molar-refractivity contribution in [1.82, 2.24) is 9.80 Å². The summed E-state index contributed by atoms with van der Waals surface area (Å²) in [6.45, 7) is 5.57. The molecule has 1 aliphatic heterocycles. The zero-order chi connectivity index (χ0) is 18.5. The molecular weight excluding hydrogens is 350 g/mol. The van der Waals surface area contributed by atoms with E-state index in [1.165, 1.54) is 10.9 Å². The van der Waals surface area contributed by atoms with Crippen molar-refractivity contribution in [2.24, 2.45) is 0 Å². The highest BCUT2D eigenvalue weighted by atomic mass is 32.1. The molecule has 1 saturated heterocycles. The van der Waals surface area contributed by atoms with Gasteiger partial charge in [-0.15, -0.1) is 11.3 Å². The van der Waals surface area contributed by atoms with Crippen molar-refractivity contribution in [3.05, 3.63) is 67.9 Å². The van der Waals surface area contributed by atoms with E-state index in [4.69, 9.17) is 0 Å². The fourth-order valence-corrected chi connectivity index (χ4v) is 3.73. The highest BCUT2D eigenvalue weighted by Gasteiger charge is 2.20. The van der Waals surface area contributed by atoms with Crippen molar-refractivity contribution >= 4 is 29.0 Å². The Hall–Kier alpha value is -2.51. The van der Waals surface area contributed by atoms with Gasteiger partial charge in [-0.3, -0.25) is 19.8 Å². The summed E-state index contributed by atoms with van der Waals surface area (Å²) in [6.07, 6.45) is 3.51. The van der Waals surface area contributed by atoms with E-state index in [0.29, 0.717) is 19.6 Å². The van der Waals surface area contributed by atoms with Crippen LogP contribution in [0.2, 0.25) is 0 Å². The molecule has 0 N–H and O–H groups in total. The Kier molecular flexibility index (Phi) is 5.80. The van der Waals surface area contributed by atoms with Gasteiger partial charge < -0.3 is 4.90 Å². The maximum absolute atomic E-state index is 12.3. The molecule has 1 amide bonds. The minimum Gasteiger partial charge on any atom is -0.337 e. The maximum atomic E-state index is 12.3. The van der Waals surface area contributed by atoms with Crippen LogP contribution in [0.5, 0.6) is 0 Å². The van der Waals surface area contributed by atoms with E-state index in [0.717, 1.165) is 23.5 Å². The van der Waals surface area contributed by atoms with Crippen LogP contribution < -0.4 is 0 Å². The van der Waals surface area contributed by atoms with Crippen LogP contribution in [0.4, 0.5) is 5.69 Å². The quantitative estimate of drug-likeness (QED) is 0.459. The second-order valence-electron chi connectivity index (χ2n) is 6.31. The predicted octanol–water partition coefficient (Wildman–Crippen LogP) is 3.32. The topological polar surface area (TPSA) is 66.7 Å². The molecule has 0 unspecified atom stereocenters. The molecule has 1 aromatic carbocycles. The highest BCUT2D eigenvalue weighted by molar-refractivity contribution is 7.12. The Morgan fingerprint density at radius 3 is 2.65 bits per heavy atom. The molecule has 136 valence electrons. The lowest BCUT2D eigenvalue weighted by Crippen LogP contribution is -2.47. The summed E-state index contributed by atoms with van der Waals surface area (Å²) in [5.74, 6) is 0.0334. The molecule has 0 radical (unpaired) electrons. The smallest absolute Gasteiger partial charge is 0.269 e. The van der Waals surface area contributed by atoms with Gasteiger partial charge in [-0.05, 0) is 30.7 Å². The fourth-order valence-electron chi connectivity index (χ4n) is 2.95. The second-order valence-corrected chi connectivity index (χ2v) is 7.63. The van der Waals surface area contributed by atoms with Crippen molar-refractivity contribution in [2.45, 2.75) is 13.5 Å². The number of non-ortho nitro benzene ring substituents is 1. The van der Waals surface area contributed by atoms with E-state index in [1.54, 1.807) is 29.5 Å². The van der Waals surface area contributed by atoms with Crippen LogP contribution in [0.3, 0.4) is 0 Å². The van der Waals surface area contributed by atoms with E-state index in [1.807, 2.05) is 36.1 Å². The third-order valence-corrected chi connectivity index (χ3v) is 5.33. The van der Waals surface area contributed by atoms with Crippen LogP contribution in [0.1, 0.15) is 15.3 Å². The molecule has 26 heavy (non-hydrogen) atoms. The first-order valence-corrected chi connectivity index (χ1v) is 9.32. The molecule has 1 fully saturated rings. The molecule has 0 bridgehead atoms. The first-order valence-electron chi connectivity index (χ1n) is 8.50. The van der Waals surface area contributed by atoms with Gasteiger partial charge in [0.25, 0.3) is 5.69 Å². The predicted molar refractivity (Wildman–Crippen MR) is 103 cm³/mol. The lowest BCUT2D eigenvalue weighted by atomic mass is 10.1. The minimum atomic E-state index is -0.373. The van der Waals surface area contributed by atoms with Crippen molar-refractivity contribution < 1.29 is 9.72 Å². The lowest BCUT2D eigenvalue weighted by Gasteiger charge is -2.34. The summed E-state index contributed by atoms with van der Waals surface area (Å²) < 4.78 is 0. The number of thiophene rings is 1. The Bertz CT molecular complexity index is 823. The molecule has 0 aliphatic carbocycles. The molecule has 2 aromatic rings. The standard InChI is InChI=1S/C19H21N3O3S/c1-15-5-6-18(26-15)7-8-19(23)21-11-9-20(10-12-21)14-16-3-2-4-17(13-16)22(24)25/h2-8,13H,9-12,14H2,1H3/b8-7+. The number of piperazine rings is 1. The number of benzene rings is 1. The molecule has 0 saturated carbocycles. The zero-order valence-electron chi connectivity index (χ0n) is 14.6. The van der Waals surface area contributed by atoms with E-state index in [-0.39, 0.29) is 16.5 Å². The van der Waals surface area contributed by atoms with Crippen molar-refractivity contribution in [3.63, 3.8) is 0 Å². The molecule has 0 spiro atoms. The average Bonchev–Trinajstić information content (AvgIpc) is 3.06. The maximum Gasteiger partial charge on any atom is 0.269 e. The van der Waals surface area contributed by atoms with Crippen molar-refractivity contribution in [2.75, 3.05) is 26.2 Å². The molecule has 1 aliphatic rings. The SMILES string of the molecule is Cc1ccc(/C=C/C(=O)N2CCN(Cc3cccc([N+](=O)[O-])c3)CC2)s1. The van der Waals surface area contributed by atoms with Crippen LogP contribution in [-0.4, -0.2) is 46.8 Å². The summed E-state index contributed by atoms with van der Waals surface area (Å²) in [4.78, 5) is 29.2. The normalized spacial score (nSPS) is 15.5.